The second kappa shape index (κ2) is 10.8. The Kier molecular flexibility index (Phi) is 10.2. The molecule has 0 aromatic heterocycles. The molecule has 0 aliphatic carbocycles. The van der Waals surface area contributed by atoms with Crippen molar-refractivity contribution in [1.29, 1.82) is 0 Å². The van der Waals surface area contributed by atoms with Gasteiger partial charge in [0.05, 0.1) is 20.3 Å². The summed E-state index contributed by atoms with van der Waals surface area (Å²) in [5.41, 5.74) is 7.17. The summed E-state index contributed by atoms with van der Waals surface area (Å²) < 4.78 is 16.8. The molecule has 1 amide bonds. The van der Waals surface area contributed by atoms with E-state index in [-0.39, 0.29) is 29.8 Å². The molecule has 0 aliphatic heterocycles. The summed E-state index contributed by atoms with van der Waals surface area (Å²) in [5, 5.41) is 6.10. The average Bonchev–Trinajstić information content (AvgIpc) is 2.56. The van der Waals surface area contributed by atoms with Crippen LogP contribution in [0.4, 0.5) is 4.79 Å². The molecule has 10 heteroatoms. The van der Waals surface area contributed by atoms with Crippen molar-refractivity contribution < 1.29 is 23.5 Å². The van der Waals surface area contributed by atoms with Gasteiger partial charge in [-0.3, -0.25) is 0 Å². The van der Waals surface area contributed by atoms with E-state index in [2.05, 4.69) is 56.9 Å². The minimum absolute atomic E-state index is 0.168. The fraction of sp³-hybridized carbons (Fsp3) is 0.895. The van der Waals surface area contributed by atoms with Crippen molar-refractivity contribution in [1.82, 2.24) is 5.32 Å². The maximum Gasteiger partial charge on any atom is 0.408 e. The van der Waals surface area contributed by atoms with Gasteiger partial charge in [0.25, 0.3) is 0 Å². The fourth-order valence-corrected chi connectivity index (χ4v) is 9.39. The van der Waals surface area contributed by atoms with Crippen molar-refractivity contribution in [2.24, 2.45) is 5.11 Å². The van der Waals surface area contributed by atoms with Crippen molar-refractivity contribution in [3.05, 3.63) is 10.4 Å². The Bertz CT molecular complexity index is 590. The van der Waals surface area contributed by atoms with Gasteiger partial charge >= 0.3 is 12.1 Å². The normalized spacial score (nSPS) is 14.4. The Hall–Kier alpha value is -1.77. The molecule has 0 aliphatic rings. The first-order chi connectivity index (χ1) is 13.2. The molecule has 0 heterocycles. The summed E-state index contributed by atoms with van der Waals surface area (Å²) >= 11 is 0. The highest BCUT2D eigenvalue weighted by Gasteiger charge is 2.49. The molecule has 0 bridgehead atoms. The van der Waals surface area contributed by atoms with E-state index in [0.717, 1.165) is 0 Å². The third-order valence-electron chi connectivity index (χ3n) is 5.00. The molecule has 0 saturated heterocycles. The van der Waals surface area contributed by atoms with Gasteiger partial charge in [-0.05, 0) is 42.9 Å². The number of amides is 1. The van der Waals surface area contributed by atoms with Gasteiger partial charge in [0.1, 0.15) is 5.60 Å². The highest BCUT2D eigenvalue weighted by molar-refractivity contribution is 6.77. The van der Waals surface area contributed by atoms with Crippen molar-refractivity contribution >= 4 is 20.4 Å². The van der Waals surface area contributed by atoms with E-state index >= 15 is 0 Å². The quantitative estimate of drug-likeness (QED) is 0.173. The van der Waals surface area contributed by atoms with Gasteiger partial charge in [-0.15, -0.1) is 0 Å². The third kappa shape index (κ3) is 7.20. The summed E-state index contributed by atoms with van der Waals surface area (Å²) in [6.07, 6.45) is -0.814. The molecule has 0 aromatic carbocycles. The van der Waals surface area contributed by atoms with Gasteiger partial charge < -0.3 is 19.2 Å². The van der Waals surface area contributed by atoms with Crippen LogP contribution in [0.1, 0.15) is 62.3 Å². The van der Waals surface area contributed by atoms with Crippen LogP contribution in [0.2, 0.25) is 16.6 Å². The lowest BCUT2D eigenvalue weighted by Crippen LogP contribution is -2.63. The van der Waals surface area contributed by atoms with Gasteiger partial charge in [-0.25, -0.2) is 9.59 Å². The number of alkyl carbamates (subject to hydrolysis) is 1. The third-order valence-corrected chi connectivity index (χ3v) is 11.1. The maximum absolute atomic E-state index is 12.7. The summed E-state index contributed by atoms with van der Waals surface area (Å²) in [5.74, 6) is -0.755. The van der Waals surface area contributed by atoms with Crippen LogP contribution in [-0.2, 0) is 18.7 Å². The summed E-state index contributed by atoms with van der Waals surface area (Å²) in [6, 6.07) is 0. The van der Waals surface area contributed by atoms with Gasteiger partial charge in [0, 0.05) is 4.91 Å². The predicted molar refractivity (Wildman–Crippen MR) is 115 cm³/mol. The largest absolute Gasteiger partial charge is 0.467 e. The van der Waals surface area contributed by atoms with Crippen LogP contribution < -0.4 is 5.32 Å². The lowest BCUT2D eigenvalue weighted by atomic mass is 10.0. The lowest BCUT2D eigenvalue weighted by molar-refractivity contribution is -0.149. The fourth-order valence-electron chi connectivity index (χ4n) is 3.89. The second-order valence-corrected chi connectivity index (χ2v) is 14.7. The number of nitrogens with zero attached hydrogens (tertiary/aromatic N) is 3. The molecule has 1 N–H and O–H groups in total. The number of hydrogen-bond donors (Lipinski definition) is 1. The van der Waals surface area contributed by atoms with E-state index in [1.54, 1.807) is 20.8 Å². The van der Waals surface area contributed by atoms with Crippen molar-refractivity contribution in [3.8, 4) is 0 Å². The van der Waals surface area contributed by atoms with Crippen LogP contribution in [0.5, 0.6) is 0 Å². The smallest absolute Gasteiger partial charge is 0.408 e. The highest BCUT2D eigenvalue weighted by Crippen LogP contribution is 2.42. The number of methoxy groups -OCH3 is 1. The summed E-state index contributed by atoms with van der Waals surface area (Å²) in [6.45, 7) is 17.3. The minimum Gasteiger partial charge on any atom is -0.467 e. The number of carbonyl (C=O) groups is 2. The molecule has 29 heavy (non-hydrogen) atoms. The second-order valence-electron chi connectivity index (χ2n) is 9.20. The van der Waals surface area contributed by atoms with Crippen molar-refractivity contribution in [3.63, 3.8) is 0 Å². The van der Waals surface area contributed by atoms with E-state index in [4.69, 9.17) is 19.4 Å². The minimum atomic E-state index is -2.37. The van der Waals surface area contributed by atoms with E-state index in [1.165, 1.54) is 7.11 Å². The standard InChI is InChI=1S/C19H38N4O5Si/c1-13(2)29(14(3)4,15(5)6)27-12-19(11-21-23-20,16(24)26-10)22-17(25)28-18(7,8)9/h13-15H,11-12H2,1-10H3,(H,22,25)/t19-/m1/s1. The van der Waals surface area contributed by atoms with E-state index < -0.39 is 31.5 Å². The molecule has 0 fully saturated rings. The lowest BCUT2D eigenvalue weighted by Gasteiger charge is -2.44. The maximum atomic E-state index is 12.7. The highest BCUT2D eigenvalue weighted by atomic mass is 28.4. The zero-order valence-electron chi connectivity index (χ0n) is 19.5. The zero-order valence-corrected chi connectivity index (χ0v) is 20.5. The van der Waals surface area contributed by atoms with Crippen LogP contribution in [0.15, 0.2) is 5.11 Å². The number of azide groups is 1. The number of hydrogen-bond acceptors (Lipinski definition) is 6. The first-order valence-electron chi connectivity index (χ1n) is 9.93. The van der Waals surface area contributed by atoms with Crippen molar-refractivity contribution in [2.45, 2.75) is 90.1 Å². The number of esters is 1. The van der Waals surface area contributed by atoms with Crippen LogP contribution >= 0.6 is 0 Å². The SMILES string of the molecule is COC(=O)[C@@](CN=[N+]=[N-])(CO[Si](C(C)C)(C(C)C)C(C)C)NC(=O)OC(C)(C)C. The number of carbonyl (C=O) groups excluding carboxylic acids is 2. The summed E-state index contributed by atoms with van der Waals surface area (Å²) in [7, 11) is -1.16. The Balaban J connectivity index is 6.11. The average molecular weight is 431 g/mol. The van der Waals surface area contributed by atoms with Crippen LogP contribution in [-0.4, -0.2) is 51.8 Å². The van der Waals surface area contributed by atoms with Crippen LogP contribution in [0, 0.1) is 0 Å². The first kappa shape index (κ1) is 27.2. The Morgan fingerprint density at radius 2 is 1.55 bits per heavy atom. The number of ether oxygens (including phenoxy) is 2. The Morgan fingerprint density at radius 1 is 1.07 bits per heavy atom. The summed E-state index contributed by atoms with van der Waals surface area (Å²) in [4.78, 5) is 27.9. The molecule has 0 aromatic rings. The molecule has 0 radical (unpaired) electrons. The molecule has 0 unspecified atom stereocenters. The predicted octanol–water partition coefficient (Wildman–Crippen LogP) is 4.93. The molecule has 0 spiro atoms. The molecule has 1 atom stereocenters. The van der Waals surface area contributed by atoms with Crippen molar-refractivity contribution in [2.75, 3.05) is 20.3 Å². The van der Waals surface area contributed by atoms with Crippen LogP contribution in [0.3, 0.4) is 0 Å². The van der Waals surface area contributed by atoms with E-state index in [9.17, 15) is 9.59 Å². The van der Waals surface area contributed by atoms with Gasteiger partial charge in [0.15, 0.2) is 13.9 Å². The van der Waals surface area contributed by atoms with E-state index in [0.29, 0.717) is 0 Å². The van der Waals surface area contributed by atoms with E-state index in [1.807, 2.05) is 0 Å². The van der Waals surface area contributed by atoms with Gasteiger partial charge in [0.2, 0.25) is 0 Å². The van der Waals surface area contributed by atoms with Gasteiger partial charge in [-0.2, -0.15) is 0 Å². The molecular formula is C19H38N4O5Si. The topological polar surface area (TPSA) is 123 Å². The number of nitrogens with one attached hydrogen (secondary N) is 1. The molecule has 0 rings (SSSR count). The molecule has 9 nitrogen and oxygen atoms in total. The number of rotatable bonds is 10. The first-order valence-corrected chi connectivity index (χ1v) is 12.1. The Morgan fingerprint density at radius 3 is 1.90 bits per heavy atom. The Labute approximate surface area is 175 Å². The van der Waals surface area contributed by atoms with Gasteiger partial charge in [-0.1, -0.05) is 46.7 Å². The van der Waals surface area contributed by atoms with Crippen LogP contribution in [0.25, 0.3) is 10.4 Å². The molecule has 0 saturated carbocycles. The molecule has 168 valence electrons. The zero-order chi connectivity index (χ0) is 23.0. The monoisotopic (exact) mass is 430 g/mol. The molecular weight excluding hydrogens is 392 g/mol.